The van der Waals surface area contributed by atoms with Crippen LogP contribution in [0, 0.1) is 5.41 Å². The Morgan fingerprint density at radius 3 is 2.28 bits per heavy atom. The van der Waals surface area contributed by atoms with Gasteiger partial charge < -0.3 is 34.5 Å². The van der Waals surface area contributed by atoms with Gasteiger partial charge in [-0.25, -0.2) is 9.59 Å². The number of hydrogen-bond donors (Lipinski definition) is 2. The summed E-state index contributed by atoms with van der Waals surface area (Å²) < 4.78 is 22.3. The average molecular weight is 696 g/mol. The lowest BCUT2D eigenvalue weighted by atomic mass is 9.84. The molecule has 1 saturated heterocycles. The van der Waals surface area contributed by atoms with E-state index in [1.165, 1.54) is 4.90 Å². The minimum atomic E-state index is -0.904. The van der Waals surface area contributed by atoms with E-state index in [1.807, 2.05) is 19.1 Å². The van der Waals surface area contributed by atoms with Gasteiger partial charge in [-0.1, -0.05) is 39.0 Å². The minimum absolute atomic E-state index is 0.289. The molecule has 2 aromatic rings. The number of ether oxygens (including phenoxy) is 4. The SMILES string of the molecule is CCC(C)(C)C(=O)C(=O)N1CCCC[C@H]1C(=O)O[C@H](CCc1ccc(OC)c(OC)c1)c1cccc(NC(=O)[C@H](C)NC(=O)OC(C)(C)C)c1. The number of Topliss-reactive ketones (excluding diaryl/α,β-unsaturated/α-hetero) is 1. The van der Waals surface area contributed by atoms with Crippen molar-refractivity contribution >= 4 is 35.3 Å². The molecule has 50 heavy (non-hydrogen) atoms. The van der Waals surface area contributed by atoms with E-state index >= 15 is 0 Å². The maximum Gasteiger partial charge on any atom is 0.408 e. The highest BCUT2D eigenvalue weighted by molar-refractivity contribution is 6.38. The molecule has 0 aliphatic carbocycles. The van der Waals surface area contributed by atoms with Crippen LogP contribution < -0.4 is 20.1 Å². The number of nitrogens with one attached hydrogen (secondary N) is 2. The normalized spacial score (nSPS) is 16.0. The van der Waals surface area contributed by atoms with Gasteiger partial charge in [0, 0.05) is 17.6 Å². The topological polar surface area (TPSA) is 150 Å². The number of rotatable bonds is 14. The number of methoxy groups -OCH3 is 2. The third-order valence-corrected chi connectivity index (χ3v) is 8.78. The Balaban J connectivity index is 1.87. The van der Waals surface area contributed by atoms with Gasteiger partial charge in [0.25, 0.3) is 5.91 Å². The molecule has 2 N–H and O–H groups in total. The van der Waals surface area contributed by atoms with E-state index in [2.05, 4.69) is 10.6 Å². The molecule has 0 radical (unpaired) electrons. The molecule has 0 spiro atoms. The van der Waals surface area contributed by atoms with Gasteiger partial charge in [-0.15, -0.1) is 0 Å². The maximum atomic E-state index is 13.9. The zero-order chi connectivity index (χ0) is 37.2. The van der Waals surface area contributed by atoms with Crippen molar-refractivity contribution < 1.29 is 42.9 Å². The predicted molar refractivity (Wildman–Crippen MR) is 189 cm³/mol. The smallest absolute Gasteiger partial charge is 0.408 e. The standard InChI is InChI=1S/C38H53N3O9/c1-10-38(6,7)32(42)34(44)41-21-12-11-16-28(41)35(45)49-29(19-17-25-18-20-30(47-8)31(22-25)48-9)26-14-13-15-27(23-26)40-33(43)24(2)39-36(46)50-37(3,4)5/h13-15,18,20,22-24,28-29H,10-12,16-17,19,21H2,1-9H3,(H,39,46)(H,40,43)/t24-,28-,29+/m0/s1. The Morgan fingerprint density at radius 2 is 1.64 bits per heavy atom. The highest BCUT2D eigenvalue weighted by Gasteiger charge is 2.41. The molecule has 1 aliphatic heterocycles. The molecule has 3 amide bonds. The number of likely N-dealkylation sites (tertiary alicyclic amines) is 1. The zero-order valence-corrected chi connectivity index (χ0v) is 30.8. The number of piperidine rings is 1. The first-order valence-electron chi connectivity index (χ1n) is 17.2. The van der Waals surface area contributed by atoms with E-state index in [0.717, 1.165) is 5.56 Å². The average Bonchev–Trinajstić information content (AvgIpc) is 3.08. The molecule has 1 heterocycles. The van der Waals surface area contributed by atoms with Crippen molar-refractivity contribution in [3.05, 3.63) is 53.6 Å². The van der Waals surface area contributed by atoms with Crippen molar-refractivity contribution in [2.24, 2.45) is 5.41 Å². The van der Waals surface area contributed by atoms with Crippen LogP contribution in [0.2, 0.25) is 0 Å². The second kappa shape index (κ2) is 17.4. The number of carbonyl (C=O) groups is 5. The number of amides is 3. The number of hydrogen-bond acceptors (Lipinski definition) is 9. The van der Waals surface area contributed by atoms with E-state index < -0.39 is 58.9 Å². The van der Waals surface area contributed by atoms with E-state index in [1.54, 1.807) is 86.1 Å². The lowest BCUT2D eigenvalue weighted by Crippen LogP contribution is -2.53. The van der Waals surface area contributed by atoms with Crippen molar-refractivity contribution in [2.45, 2.75) is 111 Å². The summed E-state index contributed by atoms with van der Waals surface area (Å²) in [5.41, 5.74) is 0.384. The van der Waals surface area contributed by atoms with Crippen LogP contribution in [0.25, 0.3) is 0 Å². The summed E-state index contributed by atoms with van der Waals surface area (Å²) >= 11 is 0. The molecule has 3 atom stereocenters. The van der Waals surface area contributed by atoms with Crippen molar-refractivity contribution in [3.63, 3.8) is 0 Å². The Hall–Kier alpha value is -4.61. The lowest BCUT2D eigenvalue weighted by molar-refractivity contribution is -0.164. The summed E-state index contributed by atoms with van der Waals surface area (Å²) in [5, 5.41) is 5.34. The van der Waals surface area contributed by atoms with Crippen LogP contribution in [0.5, 0.6) is 11.5 Å². The Kier molecular flexibility index (Phi) is 13.8. The third kappa shape index (κ3) is 10.9. The van der Waals surface area contributed by atoms with Gasteiger partial charge in [0.15, 0.2) is 11.5 Å². The van der Waals surface area contributed by atoms with Crippen LogP contribution in [0.1, 0.15) is 97.8 Å². The van der Waals surface area contributed by atoms with E-state index in [0.29, 0.717) is 61.3 Å². The fourth-order valence-electron chi connectivity index (χ4n) is 5.46. The second-order valence-electron chi connectivity index (χ2n) is 14.2. The van der Waals surface area contributed by atoms with Gasteiger partial charge in [-0.2, -0.15) is 0 Å². The fraction of sp³-hybridized carbons (Fsp3) is 0.553. The molecule has 0 saturated carbocycles. The fourth-order valence-corrected chi connectivity index (χ4v) is 5.46. The Labute approximate surface area is 295 Å². The molecule has 0 bridgehead atoms. The van der Waals surface area contributed by atoms with Gasteiger partial charge in [-0.05, 0) is 102 Å². The number of esters is 1. The van der Waals surface area contributed by atoms with Gasteiger partial charge >= 0.3 is 12.1 Å². The molecule has 3 rings (SSSR count). The Morgan fingerprint density at radius 1 is 0.940 bits per heavy atom. The summed E-state index contributed by atoms with van der Waals surface area (Å²) in [5.74, 6) is -1.11. The molecule has 274 valence electrons. The molecule has 12 heteroatoms. The first-order valence-corrected chi connectivity index (χ1v) is 17.2. The third-order valence-electron chi connectivity index (χ3n) is 8.78. The second-order valence-corrected chi connectivity index (χ2v) is 14.2. The summed E-state index contributed by atoms with van der Waals surface area (Å²) in [6.07, 6.45) is 1.62. The number of nitrogens with zero attached hydrogens (tertiary/aromatic N) is 1. The number of benzene rings is 2. The van der Waals surface area contributed by atoms with Crippen LogP contribution in [-0.2, 0) is 35.1 Å². The highest BCUT2D eigenvalue weighted by atomic mass is 16.6. The number of carbonyl (C=O) groups excluding carboxylic acids is 5. The van der Waals surface area contributed by atoms with E-state index in [9.17, 15) is 24.0 Å². The van der Waals surface area contributed by atoms with E-state index in [-0.39, 0.29) is 6.54 Å². The monoisotopic (exact) mass is 695 g/mol. The predicted octanol–water partition coefficient (Wildman–Crippen LogP) is 6.16. The molecular formula is C38H53N3O9. The molecule has 1 aliphatic rings. The Bertz CT molecular complexity index is 1530. The van der Waals surface area contributed by atoms with Crippen molar-refractivity contribution in [1.82, 2.24) is 10.2 Å². The largest absolute Gasteiger partial charge is 0.493 e. The van der Waals surface area contributed by atoms with Gasteiger partial charge in [0.05, 0.1) is 14.2 Å². The van der Waals surface area contributed by atoms with Crippen LogP contribution in [0.3, 0.4) is 0 Å². The number of alkyl carbamates (subject to hydrolysis) is 1. The van der Waals surface area contributed by atoms with E-state index in [4.69, 9.17) is 18.9 Å². The maximum absolute atomic E-state index is 13.9. The highest BCUT2D eigenvalue weighted by Crippen LogP contribution is 2.32. The molecule has 0 aromatic heterocycles. The van der Waals surface area contributed by atoms with Gasteiger partial charge in [0.2, 0.25) is 11.7 Å². The first-order chi connectivity index (χ1) is 23.5. The molecule has 2 aromatic carbocycles. The summed E-state index contributed by atoms with van der Waals surface area (Å²) in [6, 6.07) is 10.7. The molecular weight excluding hydrogens is 642 g/mol. The first kappa shape index (κ1) is 39.8. The van der Waals surface area contributed by atoms with Gasteiger partial charge in [-0.3, -0.25) is 14.4 Å². The number of aryl methyl sites for hydroxylation is 1. The summed E-state index contributed by atoms with van der Waals surface area (Å²) in [7, 11) is 3.11. The number of anilines is 1. The van der Waals surface area contributed by atoms with Crippen LogP contribution >= 0.6 is 0 Å². The van der Waals surface area contributed by atoms with Crippen molar-refractivity contribution in [3.8, 4) is 11.5 Å². The van der Waals surface area contributed by atoms with Crippen LogP contribution in [0.4, 0.5) is 10.5 Å². The molecule has 0 unspecified atom stereocenters. The van der Waals surface area contributed by atoms with Crippen LogP contribution in [-0.4, -0.2) is 73.0 Å². The van der Waals surface area contributed by atoms with Gasteiger partial charge in [0.1, 0.15) is 23.8 Å². The van der Waals surface area contributed by atoms with Crippen LogP contribution in [0.15, 0.2) is 42.5 Å². The van der Waals surface area contributed by atoms with Crippen molar-refractivity contribution in [2.75, 3.05) is 26.1 Å². The minimum Gasteiger partial charge on any atom is -0.493 e. The summed E-state index contributed by atoms with van der Waals surface area (Å²) in [4.78, 5) is 67.0. The zero-order valence-electron chi connectivity index (χ0n) is 30.8. The van der Waals surface area contributed by atoms with Crippen molar-refractivity contribution in [1.29, 1.82) is 0 Å². The summed E-state index contributed by atoms with van der Waals surface area (Å²) in [6.45, 7) is 12.3. The molecule has 1 fully saturated rings. The molecule has 12 nitrogen and oxygen atoms in total. The number of ketones is 1. The quantitative estimate of drug-likeness (QED) is 0.175. The lowest BCUT2D eigenvalue weighted by Gasteiger charge is -2.36.